The Morgan fingerprint density at radius 1 is 1.33 bits per heavy atom. The van der Waals surface area contributed by atoms with Gasteiger partial charge < -0.3 is 15.7 Å². The summed E-state index contributed by atoms with van der Waals surface area (Å²) >= 11 is 0. The molecule has 1 fully saturated rings. The number of fused-ring (bicyclic) bond motifs is 1. The molecule has 2 aliphatic rings. The largest absolute Gasteiger partial charge is 0.478 e. The molecule has 1 amide bonds. The monoisotopic (exact) mass is 246 g/mol. The summed E-state index contributed by atoms with van der Waals surface area (Å²) in [6.07, 6.45) is 2.20. The Bertz CT molecular complexity index is 549. The van der Waals surface area contributed by atoms with Crippen molar-refractivity contribution < 1.29 is 14.7 Å². The zero-order chi connectivity index (χ0) is 12.9. The molecule has 5 nitrogen and oxygen atoms in total. The van der Waals surface area contributed by atoms with Crippen molar-refractivity contribution in [2.45, 2.75) is 24.8 Å². The lowest BCUT2D eigenvalue weighted by Crippen LogP contribution is -2.45. The van der Waals surface area contributed by atoms with Crippen LogP contribution in [-0.2, 0) is 11.2 Å². The maximum Gasteiger partial charge on any atom is 0.335 e. The summed E-state index contributed by atoms with van der Waals surface area (Å²) in [5.41, 5.74) is 7.13. The van der Waals surface area contributed by atoms with Crippen molar-refractivity contribution in [3.8, 4) is 0 Å². The van der Waals surface area contributed by atoms with Crippen LogP contribution in [0, 0.1) is 0 Å². The molecule has 3 rings (SSSR count). The standard InChI is InChI=1S/C13H14N2O3/c14-13(4-5-13)12(18)15-6-3-8-1-2-9(11(16)17)7-10(8)15/h1-2,7H,3-6,14H2,(H,16,17). The van der Waals surface area contributed by atoms with Crippen LogP contribution < -0.4 is 10.6 Å². The van der Waals surface area contributed by atoms with Crippen LogP contribution in [0.2, 0.25) is 0 Å². The molecule has 0 unspecified atom stereocenters. The molecule has 1 aliphatic heterocycles. The van der Waals surface area contributed by atoms with E-state index in [0.29, 0.717) is 12.2 Å². The van der Waals surface area contributed by atoms with Crippen molar-refractivity contribution in [3.05, 3.63) is 29.3 Å². The van der Waals surface area contributed by atoms with Gasteiger partial charge in [0.15, 0.2) is 0 Å². The molecule has 1 aromatic carbocycles. The third-order valence-electron chi connectivity index (χ3n) is 3.69. The van der Waals surface area contributed by atoms with Crippen LogP contribution in [0.3, 0.4) is 0 Å². The van der Waals surface area contributed by atoms with Crippen molar-refractivity contribution >= 4 is 17.6 Å². The number of benzene rings is 1. The summed E-state index contributed by atoms with van der Waals surface area (Å²) in [5, 5.41) is 8.99. The van der Waals surface area contributed by atoms with Crippen LogP contribution in [0.25, 0.3) is 0 Å². The van der Waals surface area contributed by atoms with E-state index in [0.717, 1.165) is 24.8 Å². The highest BCUT2D eigenvalue weighted by atomic mass is 16.4. The number of carbonyl (C=O) groups excluding carboxylic acids is 1. The number of aromatic carboxylic acids is 1. The van der Waals surface area contributed by atoms with Crippen molar-refractivity contribution in [1.82, 2.24) is 0 Å². The Hall–Kier alpha value is -1.88. The van der Waals surface area contributed by atoms with E-state index >= 15 is 0 Å². The molecule has 1 heterocycles. The van der Waals surface area contributed by atoms with Crippen LogP contribution >= 0.6 is 0 Å². The fourth-order valence-electron chi connectivity index (χ4n) is 2.34. The van der Waals surface area contributed by atoms with Crippen LogP contribution in [0.4, 0.5) is 5.69 Å². The molecule has 1 aliphatic carbocycles. The highest BCUT2D eigenvalue weighted by Gasteiger charge is 2.49. The molecule has 5 heteroatoms. The average Bonchev–Trinajstić information content (AvgIpc) is 2.96. The average molecular weight is 246 g/mol. The molecule has 0 spiro atoms. The topological polar surface area (TPSA) is 83.6 Å². The number of carboxylic acids is 1. The quantitative estimate of drug-likeness (QED) is 0.807. The molecule has 0 saturated heterocycles. The lowest BCUT2D eigenvalue weighted by molar-refractivity contribution is -0.120. The lowest BCUT2D eigenvalue weighted by Gasteiger charge is -2.21. The van der Waals surface area contributed by atoms with Crippen LogP contribution in [0.1, 0.15) is 28.8 Å². The fraction of sp³-hybridized carbons (Fsp3) is 0.385. The lowest BCUT2D eigenvalue weighted by atomic mass is 10.1. The van der Waals surface area contributed by atoms with E-state index in [2.05, 4.69) is 0 Å². The van der Waals surface area contributed by atoms with E-state index in [1.807, 2.05) is 0 Å². The normalized spacial score (nSPS) is 19.5. The number of carbonyl (C=O) groups is 2. The van der Waals surface area contributed by atoms with Gasteiger partial charge in [-0.05, 0) is 37.0 Å². The minimum Gasteiger partial charge on any atom is -0.478 e. The predicted octanol–water partition coefficient (Wildman–Crippen LogP) is 0.765. The summed E-state index contributed by atoms with van der Waals surface area (Å²) in [4.78, 5) is 24.8. The zero-order valence-corrected chi connectivity index (χ0v) is 9.85. The second-order valence-corrected chi connectivity index (χ2v) is 5.01. The highest BCUT2D eigenvalue weighted by molar-refractivity contribution is 6.04. The number of carboxylic acid groups (broad SMARTS) is 1. The van der Waals surface area contributed by atoms with Gasteiger partial charge in [-0.25, -0.2) is 4.79 Å². The summed E-state index contributed by atoms with van der Waals surface area (Å²) < 4.78 is 0. The molecule has 1 aromatic rings. The van der Waals surface area contributed by atoms with Gasteiger partial charge in [0, 0.05) is 12.2 Å². The van der Waals surface area contributed by atoms with Crippen LogP contribution in [0.5, 0.6) is 0 Å². The number of anilines is 1. The number of hydrogen-bond acceptors (Lipinski definition) is 3. The predicted molar refractivity (Wildman–Crippen MR) is 65.6 cm³/mol. The summed E-state index contributed by atoms with van der Waals surface area (Å²) in [7, 11) is 0. The molecule has 94 valence electrons. The SMILES string of the molecule is NC1(C(=O)N2CCc3ccc(C(=O)O)cc32)CC1. The minimum absolute atomic E-state index is 0.0798. The van der Waals surface area contributed by atoms with E-state index in [-0.39, 0.29) is 11.5 Å². The van der Waals surface area contributed by atoms with E-state index in [1.165, 1.54) is 0 Å². The molecular formula is C13H14N2O3. The van der Waals surface area contributed by atoms with Gasteiger partial charge in [-0.3, -0.25) is 4.79 Å². The summed E-state index contributed by atoms with van der Waals surface area (Å²) in [5.74, 6) is -1.06. The van der Waals surface area contributed by atoms with Gasteiger partial charge in [-0.2, -0.15) is 0 Å². The van der Waals surface area contributed by atoms with Crippen LogP contribution in [0.15, 0.2) is 18.2 Å². The minimum atomic E-state index is -0.981. The Balaban J connectivity index is 1.97. The molecular weight excluding hydrogens is 232 g/mol. The third kappa shape index (κ3) is 1.59. The highest BCUT2D eigenvalue weighted by Crippen LogP contribution is 2.38. The maximum absolute atomic E-state index is 12.2. The van der Waals surface area contributed by atoms with Crippen LogP contribution in [-0.4, -0.2) is 29.1 Å². The zero-order valence-electron chi connectivity index (χ0n) is 9.85. The number of nitrogens with zero attached hydrogens (tertiary/aromatic N) is 1. The van der Waals surface area contributed by atoms with Crippen molar-refractivity contribution in [3.63, 3.8) is 0 Å². The first-order valence-electron chi connectivity index (χ1n) is 5.98. The smallest absolute Gasteiger partial charge is 0.335 e. The van der Waals surface area contributed by atoms with Crippen molar-refractivity contribution in [2.24, 2.45) is 5.73 Å². The van der Waals surface area contributed by atoms with Gasteiger partial charge in [0.1, 0.15) is 0 Å². The third-order valence-corrected chi connectivity index (χ3v) is 3.69. The summed E-state index contributed by atoms with van der Waals surface area (Å²) in [6, 6.07) is 4.92. The summed E-state index contributed by atoms with van der Waals surface area (Å²) in [6.45, 7) is 0.593. The first kappa shape index (κ1) is 11.2. The second kappa shape index (κ2) is 3.55. The molecule has 0 bridgehead atoms. The second-order valence-electron chi connectivity index (χ2n) is 5.01. The van der Waals surface area contributed by atoms with E-state index < -0.39 is 11.5 Å². The Morgan fingerprint density at radius 2 is 2.06 bits per heavy atom. The fourth-order valence-corrected chi connectivity index (χ4v) is 2.34. The van der Waals surface area contributed by atoms with Gasteiger partial charge >= 0.3 is 5.97 Å². The number of amides is 1. The molecule has 3 N–H and O–H groups in total. The molecule has 0 atom stereocenters. The van der Waals surface area contributed by atoms with E-state index in [4.69, 9.17) is 10.8 Å². The maximum atomic E-state index is 12.2. The molecule has 1 saturated carbocycles. The van der Waals surface area contributed by atoms with Crippen molar-refractivity contribution in [2.75, 3.05) is 11.4 Å². The Labute approximate surface area is 104 Å². The molecule has 0 radical (unpaired) electrons. The van der Waals surface area contributed by atoms with Crippen molar-refractivity contribution in [1.29, 1.82) is 0 Å². The Kier molecular flexibility index (Phi) is 2.22. The van der Waals surface area contributed by atoms with Gasteiger partial charge in [-0.15, -0.1) is 0 Å². The van der Waals surface area contributed by atoms with Gasteiger partial charge in [0.2, 0.25) is 5.91 Å². The first-order chi connectivity index (χ1) is 8.51. The number of nitrogens with two attached hydrogens (primary N) is 1. The van der Waals surface area contributed by atoms with Gasteiger partial charge in [0.05, 0.1) is 11.1 Å². The first-order valence-corrected chi connectivity index (χ1v) is 5.98. The van der Waals surface area contributed by atoms with E-state index in [1.54, 1.807) is 23.1 Å². The van der Waals surface area contributed by atoms with Gasteiger partial charge in [-0.1, -0.05) is 6.07 Å². The Morgan fingerprint density at radius 3 is 2.67 bits per heavy atom. The number of rotatable bonds is 2. The molecule has 18 heavy (non-hydrogen) atoms. The van der Waals surface area contributed by atoms with E-state index in [9.17, 15) is 9.59 Å². The van der Waals surface area contributed by atoms with Gasteiger partial charge in [0.25, 0.3) is 0 Å². The number of hydrogen-bond donors (Lipinski definition) is 2. The molecule has 0 aromatic heterocycles.